The molecule has 1 unspecified atom stereocenters. The van der Waals surface area contributed by atoms with Crippen LogP contribution in [0.5, 0.6) is 0 Å². The summed E-state index contributed by atoms with van der Waals surface area (Å²) in [7, 11) is 0. The number of hydrogen-bond acceptors (Lipinski definition) is 3. The van der Waals surface area contributed by atoms with E-state index in [2.05, 4.69) is 4.18 Å². The molecule has 0 heterocycles. The van der Waals surface area contributed by atoms with E-state index in [0.717, 1.165) is 36.0 Å². The lowest BCUT2D eigenvalue weighted by Gasteiger charge is -2.10. The highest BCUT2D eigenvalue weighted by atomic mass is 32.2. The summed E-state index contributed by atoms with van der Waals surface area (Å²) in [5, 5.41) is 0. The largest absolute Gasteiger partial charge is 0.750 e. The van der Waals surface area contributed by atoms with Crippen molar-refractivity contribution < 1.29 is 17.3 Å². The molecule has 1 atom stereocenters. The predicted molar refractivity (Wildman–Crippen MR) is 87.2 cm³/mol. The number of benzene rings is 2. The fourth-order valence-electron chi connectivity index (χ4n) is 2.95. The van der Waals surface area contributed by atoms with Crippen molar-refractivity contribution in [3.8, 4) is 0 Å². The molecule has 0 saturated carbocycles. The van der Waals surface area contributed by atoms with Gasteiger partial charge in [-0.15, -0.1) is 0 Å². The first kappa shape index (κ1) is 16.1. The lowest BCUT2D eigenvalue weighted by atomic mass is 9.96. The van der Waals surface area contributed by atoms with Crippen LogP contribution in [0.3, 0.4) is 0 Å². The molecule has 0 bridgehead atoms. The van der Waals surface area contributed by atoms with Crippen LogP contribution >= 0.6 is 0 Å². The van der Waals surface area contributed by atoms with Gasteiger partial charge in [-0.3, -0.25) is 4.18 Å². The molecule has 0 aromatic heterocycles. The monoisotopic (exact) mass is 331 g/mol. The zero-order chi connectivity index (χ0) is 16.2. The van der Waals surface area contributed by atoms with E-state index in [4.69, 9.17) is 0 Å². The van der Waals surface area contributed by atoms with Crippen LogP contribution in [0, 0.1) is 5.82 Å². The second kappa shape index (κ2) is 7.17. The summed E-state index contributed by atoms with van der Waals surface area (Å²) in [6, 6.07) is 14.3. The third-order valence-electron chi connectivity index (χ3n) is 4.03. The summed E-state index contributed by atoms with van der Waals surface area (Å²) in [4.78, 5) is 0. The molecule has 23 heavy (non-hydrogen) atoms. The van der Waals surface area contributed by atoms with Crippen LogP contribution in [-0.2, 0) is 22.2 Å². The van der Waals surface area contributed by atoms with Gasteiger partial charge in [-0.25, -0.2) is 8.60 Å². The van der Waals surface area contributed by atoms with Crippen molar-refractivity contribution in [1.82, 2.24) is 0 Å². The van der Waals surface area contributed by atoms with Gasteiger partial charge in [0, 0.05) is 0 Å². The highest BCUT2D eigenvalue weighted by molar-refractivity contribution is 7.74. The second-order valence-corrected chi connectivity index (χ2v) is 6.12. The fraction of sp³-hybridized carbons (Fsp3) is 0.222. The van der Waals surface area contributed by atoms with Gasteiger partial charge in [0.05, 0.1) is 18.0 Å². The van der Waals surface area contributed by atoms with Gasteiger partial charge >= 0.3 is 0 Å². The summed E-state index contributed by atoms with van der Waals surface area (Å²) >= 11 is -2.50. The van der Waals surface area contributed by atoms with Crippen LogP contribution in [0.25, 0.3) is 11.1 Å². The molecular formula is C18H16FO3S-. The molecule has 2 aromatic rings. The van der Waals surface area contributed by atoms with Gasteiger partial charge in [0.2, 0.25) is 0 Å². The first-order chi connectivity index (χ1) is 11.1. The van der Waals surface area contributed by atoms with Crippen molar-refractivity contribution in [2.45, 2.75) is 25.9 Å². The van der Waals surface area contributed by atoms with Crippen LogP contribution in [0.4, 0.5) is 4.39 Å². The number of rotatable bonds is 5. The molecule has 0 N–H and O–H groups in total. The molecule has 120 valence electrons. The third kappa shape index (κ3) is 3.93. The van der Waals surface area contributed by atoms with E-state index in [1.165, 1.54) is 23.3 Å². The molecule has 0 amide bonds. The van der Waals surface area contributed by atoms with Crippen molar-refractivity contribution in [1.29, 1.82) is 0 Å². The second-order valence-electron chi connectivity index (χ2n) is 5.48. The maximum atomic E-state index is 13.1. The first-order valence-electron chi connectivity index (χ1n) is 7.43. The topological polar surface area (TPSA) is 49.4 Å². The number of halogens is 1. The van der Waals surface area contributed by atoms with Crippen molar-refractivity contribution in [2.24, 2.45) is 0 Å². The minimum absolute atomic E-state index is 0.0419. The molecule has 3 rings (SSSR count). The zero-order valence-electron chi connectivity index (χ0n) is 12.5. The molecular weight excluding hydrogens is 315 g/mol. The number of hydrogen-bond donors (Lipinski definition) is 0. The van der Waals surface area contributed by atoms with E-state index in [-0.39, 0.29) is 12.4 Å². The Kier molecular flexibility index (Phi) is 5.00. The highest BCUT2D eigenvalue weighted by Gasteiger charge is 2.17. The summed E-state index contributed by atoms with van der Waals surface area (Å²) in [6.07, 6.45) is 3.07. The molecule has 0 radical (unpaired) electrons. The maximum Gasteiger partial charge on any atom is 0.123 e. The molecule has 1 aliphatic carbocycles. The Balaban J connectivity index is 1.85. The van der Waals surface area contributed by atoms with Gasteiger partial charge in [-0.05, 0) is 59.2 Å². The highest BCUT2D eigenvalue weighted by Crippen LogP contribution is 2.39. The van der Waals surface area contributed by atoms with Crippen molar-refractivity contribution in [3.05, 3.63) is 71.0 Å². The fourth-order valence-corrected chi connectivity index (χ4v) is 3.18. The van der Waals surface area contributed by atoms with Crippen LogP contribution in [-0.4, -0.2) is 8.76 Å². The average molecular weight is 331 g/mol. The van der Waals surface area contributed by atoms with Crippen molar-refractivity contribution in [3.63, 3.8) is 0 Å². The Morgan fingerprint density at radius 2 is 1.48 bits per heavy atom. The molecule has 0 spiro atoms. The average Bonchev–Trinajstić information content (AvgIpc) is 3.03. The van der Waals surface area contributed by atoms with E-state index in [9.17, 15) is 13.2 Å². The Morgan fingerprint density at radius 1 is 0.957 bits per heavy atom. The summed E-state index contributed by atoms with van der Waals surface area (Å²) in [5.74, 6) is -0.228. The van der Waals surface area contributed by atoms with Gasteiger partial charge in [-0.1, -0.05) is 36.4 Å². The first-order valence-corrected chi connectivity index (χ1v) is 8.43. The molecule has 0 aliphatic heterocycles. The standard InChI is InChI=1S/C18H17FO3S/c19-16-10-8-15(9-11-16)18-3-1-2-17(18)14-6-4-13(5-7-14)12-22-23(20)21/h4-11H,1-3,12H2,(H,20,21)/p-1. The van der Waals surface area contributed by atoms with Crippen LogP contribution in [0.15, 0.2) is 48.5 Å². The van der Waals surface area contributed by atoms with E-state index in [1.807, 2.05) is 36.4 Å². The Morgan fingerprint density at radius 3 is 2.00 bits per heavy atom. The Hall–Kier alpha value is -1.82. The van der Waals surface area contributed by atoms with E-state index in [1.54, 1.807) is 0 Å². The molecule has 3 nitrogen and oxygen atoms in total. The predicted octanol–water partition coefficient (Wildman–Crippen LogP) is 4.23. The Bertz CT molecular complexity index is 736. The molecule has 5 heteroatoms. The van der Waals surface area contributed by atoms with Crippen LogP contribution in [0.1, 0.15) is 36.0 Å². The van der Waals surface area contributed by atoms with Gasteiger partial charge in [-0.2, -0.15) is 0 Å². The van der Waals surface area contributed by atoms with E-state index in [0.29, 0.717) is 0 Å². The third-order valence-corrected chi connectivity index (χ3v) is 4.35. The van der Waals surface area contributed by atoms with E-state index < -0.39 is 11.4 Å². The quantitative estimate of drug-likeness (QED) is 0.770. The zero-order valence-corrected chi connectivity index (χ0v) is 13.3. The minimum atomic E-state index is -2.50. The summed E-state index contributed by atoms with van der Waals surface area (Å²) < 4.78 is 38.5. The van der Waals surface area contributed by atoms with Crippen LogP contribution < -0.4 is 0 Å². The normalized spacial score (nSPS) is 15.9. The van der Waals surface area contributed by atoms with Gasteiger partial charge < -0.3 is 4.55 Å². The molecule has 0 fully saturated rings. The van der Waals surface area contributed by atoms with E-state index >= 15 is 0 Å². The summed E-state index contributed by atoms with van der Waals surface area (Å²) in [6.45, 7) is 0.0419. The minimum Gasteiger partial charge on any atom is -0.750 e. The maximum absolute atomic E-state index is 13.1. The van der Waals surface area contributed by atoms with Gasteiger partial charge in [0.25, 0.3) is 0 Å². The smallest absolute Gasteiger partial charge is 0.123 e. The molecule has 2 aromatic carbocycles. The lowest BCUT2D eigenvalue weighted by molar-refractivity contribution is 0.291. The Labute approximate surface area is 137 Å². The van der Waals surface area contributed by atoms with Crippen LogP contribution in [0.2, 0.25) is 0 Å². The van der Waals surface area contributed by atoms with Gasteiger partial charge in [0.15, 0.2) is 0 Å². The SMILES string of the molecule is O=S([O-])OCc1ccc(C2=C(c3ccc(F)cc3)CCC2)cc1. The summed E-state index contributed by atoms with van der Waals surface area (Å²) in [5.41, 5.74) is 5.52. The molecule has 1 aliphatic rings. The van der Waals surface area contributed by atoms with Crippen molar-refractivity contribution in [2.75, 3.05) is 0 Å². The molecule has 0 saturated heterocycles. The lowest BCUT2D eigenvalue weighted by Crippen LogP contribution is -1.96. The van der Waals surface area contributed by atoms with Crippen molar-refractivity contribution >= 4 is 22.5 Å². The number of allylic oxidation sites excluding steroid dienone is 2. The van der Waals surface area contributed by atoms with Gasteiger partial charge in [0.1, 0.15) is 5.82 Å².